The van der Waals surface area contributed by atoms with Gasteiger partial charge in [0.2, 0.25) is 0 Å². The minimum atomic E-state index is -0.404. The molecule has 0 fully saturated rings. The standard InChI is InChI=1S/C7H3BrFN/c8-7-5(4-10)2-1-3-6(7)9/h1-3H. The summed E-state index contributed by atoms with van der Waals surface area (Å²) in [5, 5.41) is 8.40. The number of nitriles is 1. The van der Waals surface area contributed by atoms with E-state index in [2.05, 4.69) is 15.9 Å². The van der Waals surface area contributed by atoms with Crippen LogP contribution in [0.1, 0.15) is 5.56 Å². The van der Waals surface area contributed by atoms with Gasteiger partial charge in [0.15, 0.2) is 0 Å². The topological polar surface area (TPSA) is 23.8 Å². The molecule has 1 nitrogen and oxygen atoms in total. The van der Waals surface area contributed by atoms with E-state index in [1.807, 2.05) is 6.07 Å². The fourth-order valence-electron chi connectivity index (χ4n) is 0.590. The highest BCUT2D eigenvalue weighted by atomic mass is 79.9. The van der Waals surface area contributed by atoms with Gasteiger partial charge >= 0.3 is 0 Å². The van der Waals surface area contributed by atoms with Gasteiger partial charge in [-0.25, -0.2) is 4.39 Å². The van der Waals surface area contributed by atoms with E-state index < -0.39 is 5.82 Å². The van der Waals surface area contributed by atoms with Crippen LogP contribution in [0.3, 0.4) is 0 Å². The summed E-state index contributed by atoms with van der Waals surface area (Å²) in [5.41, 5.74) is 0.319. The van der Waals surface area contributed by atoms with Crippen molar-refractivity contribution in [3.63, 3.8) is 0 Å². The maximum atomic E-state index is 12.6. The van der Waals surface area contributed by atoms with Crippen LogP contribution in [0.4, 0.5) is 4.39 Å². The van der Waals surface area contributed by atoms with Crippen LogP contribution in [-0.4, -0.2) is 0 Å². The Kier molecular flexibility index (Phi) is 2.03. The van der Waals surface area contributed by atoms with Gasteiger partial charge in [0, 0.05) is 0 Å². The summed E-state index contributed by atoms with van der Waals surface area (Å²) >= 11 is 2.94. The number of hydrogen-bond acceptors (Lipinski definition) is 1. The second-order valence-corrected chi connectivity index (χ2v) is 2.51. The fourth-order valence-corrected chi connectivity index (χ4v) is 0.943. The van der Waals surface area contributed by atoms with Crippen molar-refractivity contribution in [1.29, 1.82) is 5.26 Å². The molecule has 0 aliphatic carbocycles. The molecule has 0 spiro atoms. The van der Waals surface area contributed by atoms with Gasteiger partial charge in [0.05, 0.1) is 10.0 Å². The quantitative estimate of drug-likeness (QED) is 0.630. The molecule has 0 saturated carbocycles. The zero-order valence-electron chi connectivity index (χ0n) is 4.94. The Labute approximate surface area is 66.2 Å². The Morgan fingerprint density at radius 3 is 2.70 bits per heavy atom. The number of rotatable bonds is 0. The summed E-state index contributed by atoms with van der Waals surface area (Å²) in [7, 11) is 0. The summed E-state index contributed by atoms with van der Waals surface area (Å²) < 4.78 is 12.8. The highest BCUT2D eigenvalue weighted by Crippen LogP contribution is 2.18. The molecule has 1 aromatic carbocycles. The summed E-state index contributed by atoms with van der Waals surface area (Å²) in [6, 6.07) is 6.19. The van der Waals surface area contributed by atoms with Crippen molar-refractivity contribution in [3.8, 4) is 6.07 Å². The van der Waals surface area contributed by atoms with Crippen LogP contribution in [0.25, 0.3) is 0 Å². The van der Waals surface area contributed by atoms with Crippen molar-refractivity contribution in [2.75, 3.05) is 0 Å². The third-order valence-electron chi connectivity index (χ3n) is 1.07. The van der Waals surface area contributed by atoms with E-state index in [0.29, 0.717) is 5.56 Å². The molecule has 10 heavy (non-hydrogen) atoms. The fraction of sp³-hybridized carbons (Fsp3) is 0. The molecular formula is C7H3BrFN. The van der Waals surface area contributed by atoms with E-state index in [4.69, 9.17) is 5.26 Å². The van der Waals surface area contributed by atoms with Crippen LogP contribution in [0.5, 0.6) is 0 Å². The van der Waals surface area contributed by atoms with Gasteiger partial charge in [0.25, 0.3) is 0 Å². The molecule has 1 aromatic rings. The van der Waals surface area contributed by atoms with Crippen LogP contribution in [0, 0.1) is 17.1 Å². The van der Waals surface area contributed by atoms with E-state index >= 15 is 0 Å². The molecule has 0 unspecified atom stereocenters. The minimum Gasteiger partial charge on any atom is -0.206 e. The average Bonchev–Trinajstić information content (AvgIpc) is 1.95. The number of benzene rings is 1. The average molecular weight is 200 g/mol. The van der Waals surface area contributed by atoms with E-state index in [1.54, 1.807) is 6.07 Å². The van der Waals surface area contributed by atoms with Crippen LogP contribution >= 0.6 is 15.9 Å². The molecule has 0 atom stereocenters. The lowest BCUT2D eigenvalue weighted by Gasteiger charge is -1.93. The van der Waals surface area contributed by atoms with Crippen molar-refractivity contribution in [1.82, 2.24) is 0 Å². The Balaban J connectivity index is 3.31. The SMILES string of the molecule is N#Cc1cccc(F)c1Br. The zero-order valence-corrected chi connectivity index (χ0v) is 6.52. The first-order chi connectivity index (χ1) is 4.75. The molecule has 0 saturated heterocycles. The lowest BCUT2D eigenvalue weighted by molar-refractivity contribution is 0.620. The molecule has 0 aliphatic rings. The molecule has 0 heterocycles. The summed E-state index contributed by atoms with van der Waals surface area (Å²) in [5.74, 6) is -0.404. The van der Waals surface area contributed by atoms with Crippen LogP contribution < -0.4 is 0 Å². The Bertz CT molecular complexity index is 290. The van der Waals surface area contributed by atoms with Crippen LogP contribution in [0.2, 0.25) is 0 Å². The minimum absolute atomic E-state index is 0.234. The lowest BCUT2D eigenvalue weighted by Crippen LogP contribution is -1.80. The molecule has 1 rings (SSSR count). The maximum absolute atomic E-state index is 12.6. The van der Waals surface area contributed by atoms with Gasteiger partial charge < -0.3 is 0 Å². The van der Waals surface area contributed by atoms with E-state index in [9.17, 15) is 4.39 Å². The molecule has 0 aliphatic heterocycles. The monoisotopic (exact) mass is 199 g/mol. The summed E-state index contributed by atoms with van der Waals surface area (Å²) in [4.78, 5) is 0. The second-order valence-electron chi connectivity index (χ2n) is 1.71. The molecule has 0 radical (unpaired) electrons. The zero-order chi connectivity index (χ0) is 7.56. The lowest BCUT2D eigenvalue weighted by atomic mass is 10.2. The summed E-state index contributed by atoms with van der Waals surface area (Å²) in [6.07, 6.45) is 0. The van der Waals surface area contributed by atoms with E-state index in [0.717, 1.165) is 0 Å². The number of halogens is 2. The van der Waals surface area contributed by atoms with Crippen LogP contribution in [0.15, 0.2) is 22.7 Å². The molecule has 0 aromatic heterocycles. The van der Waals surface area contributed by atoms with Gasteiger partial charge in [-0.3, -0.25) is 0 Å². The number of hydrogen-bond donors (Lipinski definition) is 0. The molecule has 0 N–H and O–H groups in total. The normalized spacial score (nSPS) is 8.90. The van der Waals surface area contributed by atoms with Gasteiger partial charge in [-0.1, -0.05) is 6.07 Å². The highest BCUT2D eigenvalue weighted by molar-refractivity contribution is 9.10. The highest BCUT2D eigenvalue weighted by Gasteiger charge is 2.01. The number of nitrogens with zero attached hydrogens (tertiary/aromatic N) is 1. The third-order valence-corrected chi connectivity index (χ3v) is 1.88. The van der Waals surface area contributed by atoms with E-state index in [1.165, 1.54) is 12.1 Å². The van der Waals surface area contributed by atoms with Gasteiger partial charge in [0.1, 0.15) is 11.9 Å². The first kappa shape index (κ1) is 7.23. The molecule has 0 bridgehead atoms. The second kappa shape index (κ2) is 2.80. The molecular weight excluding hydrogens is 197 g/mol. The maximum Gasteiger partial charge on any atom is 0.138 e. The first-order valence-corrected chi connectivity index (χ1v) is 3.39. The molecule has 0 amide bonds. The largest absolute Gasteiger partial charge is 0.206 e. The van der Waals surface area contributed by atoms with Gasteiger partial charge in [-0.15, -0.1) is 0 Å². The third kappa shape index (κ3) is 1.17. The van der Waals surface area contributed by atoms with Crippen molar-refractivity contribution in [3.05, 3.63) is 34.1 Å². The Hall–Kier alpha value is -0.880. The van der Waals surface area contributed by atoms with E-state index in [-0.39, 0.29) is 4.47 Å². The van der Waals surface area contributed by atoms with Crippen molar-refractivity contribution in [2.24, 2.45) is 0 Å². The van der Waals surface area contributed by atoms with Gasteiger partial charge in [-0.05, 0) is 28.1 Å². The molecule has 3 heteroatoms. The van der Waals surface area contributed by atoms with Crippen LogP contribution in [-0.2, 0) is 0 Å². The Morgan fingerprint density at radius 1 is 1.50 bits per heavy atom. The van der Waals surface area contributed by atoms with Crippen molar-refractivity contribution >= 4 is 15.9 Å². The summed E-state index contributed by atoms with van der Waals surface area (Å²) in [6.45, 7) is 0. The van der Waals surface area contributed by atoms with Crippen molar-refractivity contribution < 1.29 is 4.39 Å². The predicted molar refractivity (Wildman–Crippen MR) is 38.8 cm³/mol. The smallest absolute Gasteiger partial charge is 0.138 e. The predicted octanol–water partition coefficient (Wildman–Crippen LogP) is 2.46. The van der Waals surface area contributed by atoms with Gasteiger partial charge in [-0.2, -0.15) is 5.26 Å². The molecule has 50 valence electrons. The Morgan fingerprint density at radius 2 is 2.20 bits per heavy atom. The van der Waals surface area contributed by atoms with Crippen molar-refractivity contribution in [2.45, 2.75) is 0 Å². The first-order valence-electron chi connectivity index (χ1n) is 2.60.